The van der Waals surface area contributed by atoms with Crippen LogP contribution in [-0.4, -0.2) is 62.7 Å². The first-order valence-corrected chi connectivity index (χ1v) is 11.8. The molecule has 0 bridgehead atoms. The second-order valence-electron chi connectivity index (χ2n) is 9.29. The van der Waals surface area contributed by atoms with E-state index in [1.807, 2.05) is 12.1 Å². The maximum absolute atomic E-state index is 13.1. The lowest BCUT2D eigenvalue weighted by Gasteiger charge is -2.35. The number of carbonyl (C=O) groups excluding carboxylic acids is 1. The third kappa shape index (κ3) is 5.44. The zero-order valence-electron chi connectivity index (χ0n) is 19.7. The molecule has 0 aromatic heterocycles. The van der Waals surface area contributed by atoms with Crippen molar-refractivity contribution >= 4 is 5.91 Å². The molecule has 0 N–H and O–H groups in total. The largest absolute Gasteiger partial charge is 0.493 e. The monoisotopic (exact) mass is 436 g/mol. The fourth-order valence-electron chi connectivity index (χ4n) is 5.18. The highest BCUT2D eigenvalue weighted by atomic mass is 16.5. The summed E-state index contributed by atoms with van der Waals surface area (Å²) in [6.45, 7) is 7.15. The summed E-state index contributed by atoms with van der Waals surface area (Å²) in [6.07, 6.45) is 4.83. The summed E-state index contributed by atoms with van der Waals surface area (Å²) in [5, 5.41) is 0. The molecule has 0 saturated carbocycles. The van der Waals surface area contributed by atoms with E-state index in [9.17, 15) is 4.79 Å². The Balaban J connectivity index is 1.34. The van der Waals surface area contributed by atoms with E-state index in [4.69, 9.17) is 9.47 Å². The van der Waals surface area contributed by atoms with Gasteiger partial charge in [-0.1, -0.05) is 29.8 Å². The number of aryl methyl sites for hydroxylation is 1. The molecule has 1 atom stereocenters. The summed E-state index contributed by atoms with van der Waals surface area (Å²) in [5.74, 6) is 2.22. The third-order valence-corrected chi connectivity index (χ3v) is 6.93. The van der Waals surface area contributed by atoms with Crippen molar-refractivity contribution in [1.82, 2.24) is 9.80 Å². The van der Waals surface area contributed by atoms with Crippen LogP contribution in [0.5, 0.6) is 11.5 Å². The SMILES string of the molecule is COc1cc2c(cc1OC)CC(=O)N(CC1CCCN(CCc3cccc(C)c3)C1)CC2. The lowest BCUT2D eigenvalue weighted by atomic mass is 9.96. The predicted molar refractivity (Wildman–Crippen MR) is 128 cm³/mol. The Morgan fingerprint density at radius 2 is 1.81 bits per heavy atom. The number of likely N-dealkylation sites (tertiary alicyclic amines) is 1. The minimum absolute atomic E-state index is 0.229. The van der Waals surface area contributed by atoms with Gasteiger partial charge in [0.2, 0.25) is 5.91 Å². The van der Waals surface area contributed by atoms with Crippen LogP contribution in [0.25, 0.3) is 0 Å². The Morgan fingerprint density at radius 1 is 1.03 bits per heavy atom. The van der Waals surface area contributed by atoms with Crippen molar-refractivity contribution in [3.63, 3.8) is 0 Å². The molecule has 4 rings (SSSR count). The first-order chi connectivity index (χ1) is 15.6. The van der Waals surface area contributed by atoms with E-state index in [2.05, 4.69) is 41.0 Å². The molecule has 2 aliphatic rings. The molecular formula is C27H36N2O3. The number of amides is 1. The van der Waals surface area contributed by atoms with Crippen molar-refractivity contribution in [3.8, 4) is 11.5 Å². The summed E-state index contributed by atoms with van der Waals surface area (Å²) < 4.78 is 10.9. The molecule has 1 unspecified atom stereocenters. The fraction of sp³-hybridized carbons (Fsp3) is 0.519. The van der Waals surface area contributed by atoms with Crippen LogP contribution in [0.2, 0.25) is 0 Å². The molecule has 2 aromatic carbocycles. The van der Waals surface area contributed by atoms with Gasteiger partial charge in [0, 0.05) is 26.2 Å². The van der Waals surface area contributed by atoms with E-state index >= 15 is 0 Å². The van der Waals surface area contributed by atoms with Crippen LogP contribution >= 0.6 is 0 Å². The van der Waals surface area contributed by atoms with Crippen LogP contribution in [0, 0.1) is 12.8 Å². The number of fused-ring (bicyclic) bond motifs is 1. The molecular weight excluding hydrogens is 400 g/mol. The fourth-order valence-corrected chi connectivity index (χ4v) is 5.18. The molecule has 32 heavy (non-hydrogen) atoms. The molecule has 1 fully saturated rings. The van der Waals surface area contributed by atoms with Crippen LogP contribution in [0.1, 0.15) is 35.1 Å². The number of hydrogen-bond acceptors (Lipinski definition) is 4. The first kappa shape index (κ1) is 22.7. The zero-order chi connectivity index (χ0) is 22.5. The number of hydrogen-bond donors (Lipinski definition) is 0. The summed E-state index contributed by atoms with van der Waals surface area (Å²) in [6, 6.07) is 12.8. The van der Waals surface area contributed by atoms with Crippen LogP contribution < -0.4 is 9.47 Å². The minimum atomic E-state index is 0.229. The smallest absolute Gasteiger partial charge is 0.227 e. The zero-order valence-corrected chi connectivity index (χ0v) is 19.7. The van der Waals surface area contributed by atoms with Crippen LogP contribution in [0.15, 0.2) is 36.4 Å². The van der Waals surface area contributed by atoms with Gasteiger partial charge in [-0.05, 0) is 73.9 Å². The van der Waals surface area contributed by atoms with Gasteiger partial charge in [-0.15, -0.1) is 0 Å². The third-order valence-electron chi connectivity index (χ3n) is 6.93. The maximum atomic E-state index is 13.1. The average molecular weight is 437 g/mol. The molecule has 1 saturated heterocycles. The van der Waals surface area contributed by atoms with Crippen molar-refractivity contribution in [2.24, 2.45) is 5.92 Å². The van der Waals surface area contributed by atoms with Crippen molar-refractivity contribution < 1.29 is 14.3 Å². The van der Waals surface area contributed by atoms with E-state index in [0.717, 1.165) is 50.3 Å². The van der Waals surface area contributed by atoms with Gasteiger partial charge in [-0.3, -0.25) is 4.79 Å². The Morgan fingerprint density at radius 3 is 2.56 bits per heavy atom. The molecule has 5 heteroatoms. The number of carbonyl (C=O) groups is 1. The summed E-state index contributed by atoms with van der Waals surface area (Å²) in [7, 11) is 3.30. The van der Waals surface area contributed by atoms with Gasteiger partial charge in [0.15, 0.2) is 11.5 Å². The molecule has 2 aromatic rings. The number of methoxy groups -OCH3 is 2. The van der Waals surface area contributed by atoms with E-state index in [1.54, 1.807) is 14.2 Å². The predicted octanol–water partition coefficient (Wildman–Crippen LogP) is 3.89. The maximum Gasteiger partial charge on any atom is 0.227 e. The second-order valence-corrected chi connectivity index (χ2v) is 9.29. The molecule has 2 aliphatic heterocycles. The highest BCUT2D eigenvalue weighted by Crippen LogP contribution is 2.32. The van der Waals surface area contributed by atoms with Gasteiger partial charge in [0.1, 0.15) is 0 Å². The number of nitrogens with zero attached hydrogens (tertiary/aromatic N) is 2. The average Bonchev–Trinajstić information content (AvgIpc) is 2.95. The van der Waals surface area contributed by atoms with Crippen LogP contribution in [-0.2, 0) is 24.1 Å². The van der Waals surface area contributed by atoms with Gasteiger partial charge < -0.3 is 19.3 Å². The molecule has 0 aliphatic carbocycles. The number of benzene rings is 2. The topological polar surface area (TPSA) is 42.0 Å². The first-order valence-electron chi connectivity index (χ1n) is 11.8. The van der Waals surface area contributed by atoms with Crippen molar-refractivity contribution in [2.45, 2.75) is 39.0 Å². The minimum Gasteiger partial charge on any atom is -0.493 e. The van der Waals surface area contributed by atoms with Gasteiger partial charge in [0.25, 0.3) is 0 Å². The van der Waals surface area contributed by atoms with Crippen LogP contribution in [0.3, 0.4) is 0 Å². The van der Waals surface area contributed by atoms with Crippen molar-refractivity contribution in [3.05, 3.63) is 58.7 Å². The second kappa shape index (κ2) is 10.4. The van der Waals surface area contributed by atoms with Crippen molar-refractivity contribution in [1.29, 1.82) is 0 Å². The van der Waals surface area contributed by atoms with E-state index in [1.165, 1.54) is 36.1 Å². The highest BCUT2D eigenvalue weighted by molar-refractivity contribution is 5.80. The molecule has 2 heterocycles. The normalized spacial score (nSPS) is 19.4. The van der Waals surface area contributed by atoms with Crippen molar-refractivity contribution in [2.75, 3.05) is 46.9 Å². The molecule has 172 valence electrons. The highest BCUT2D eigenvalue weighted by Gasteiger charge is 2.27. The van der Waals surface area contributed by atoms with E-state index in [-0.39, 0.29) is 5.91 Å². The molecule has 5 nitrogen and oxygen atoms in total. The summed E-state index contributed by atoms with van der Waals surface area (Å²) >= 11 is 0. The van der Waals surface area contributed by atoms with Gasteiger partial charge in [-0.25, -0.2) is 0 Å². The Bertz CT molecular complexity index is 942. The molecule has 0 radical (unpaired) electrons. The van der Waals surface area contributed by atoms with Crippen LogP contribution in [0.4, 0.5) is 0 Å². The standard InChI is InChI=1S/C27H36N2O3/c1-20-6-4-7-21(14-20)9-12-28-11-5-8-22(18-28)19-29-13-10-23-15-25(31-2)26(32-3)16-24(23)17-27(29)30/h4,6-7,14-16,22H,5,8-13,17-19H2,1-3H3. The number of rotatable bonds is 7. The lowest BCUT2D eigenvalue weighted by Crippen LogP contribution is -2.44. The Kier molecular flexibility index (Phi) is 7.36. The van der Waals surface area contributed by atoms with E-state index < -0.39 is 0 Å². The lowest BCUT2D eigenvalue weighted by molar-refractivity contribution is -0.131. The van der Waals surface area contributed by atoms with Gasteiger partial charge in [0.05, 0.1) is 20.6 Å². The van der Waals surface area contributed by atoms with Gasteiger partial charge in [-0.2, -0.15) is 0 Å². The summed E-state index contributed by atoms with van der Waals surface area (Å²) in [5.41, 5.74) is 5.01. The number of ether oxygens (including phenoxy) is 2. The Labute approximate surface area is 192 Å². The quantitative estimate of drug-likeness (QED) is 0.660. The Hall–Kier alpha value is -2.53. The molecule has 0 spiro atoms. The summed E-state index contributed by atoms with van der Waals surface area (Å²) in [4.78, 5) is 17.7. The van der Waals surface area contributed by atoms with Gasteiger partial charge >= 0.3 is 0 Å². The van der Waals surface area contributed by atoms with E-state index in [0.29, 0.717) is 18.1 Å². The molecule has 1 amide bonds. The number of piperidine rings is 1.